The molecule has 0 saturated heterocycles. The fraction of sp³-hybridized carbons (Fsp3) is 0.171. The lowest BCUT2D eigenvalue weighted by molar-refractivity contribution is 0.245. The van der Waals surface area contributed by atoms with E-state index in [-0.39, 0.29) is 0 Å². The van der Waals surface area contributed by atoms with Gasteiger partial charge in [-0.15, -0.1) is 33.6 Å². The van der Waals surface area contributed by atoms with Gasteiger partial charge in [-0.1, -0.05) is 121 Å². The first-order valence-electron chi connectivity index (χ1n) is 17.3. The summed E-state index contributed by atoms with van der Waals surface area (Å²) in [6, 6.07) is 32.0. The van der Waals surface area contributed by atoms with Crippen LogP contribution in [0.5, 0.6) is 11.5 Å². The highest BCUT2D eigenvalue weighted by atomic mass is 32.2. The highest BCUT2D eigenvalue weighted by Crippen LogP contribution is 2.30. The predicted molar refractivity (Wildman–Crippen MR) is 215 cm³/mol. The van der Waals surface area contributed by atoms with E-state index < -0.39 is 0 Å². The fourth-order valence-corrected chi connectivity index (χ4v) is 7.50. The third-order valence-corrected chi connectivity index (χ3v) is 10.3. The molecule has 12 heteroatoms. The van der Waals surface area contributed by atoms with Gasteiger partial charge in [0, 0.05) is 40.2 Å². The Labute approximate surface area is 317 Å². The van der Waals surface area contributed by atoms with Crippen LogP contribution in [0.25, 0.3) is 22.8 Å². The Bertz CT molecular complexity index is 2070. The molecule has 6 aromatic rings. The number of hydrogen-bond donors (Lipinski definition) is 0. The van der Waals surface area contributed by atoms with Gasteiger partial charge in [0.1, 0.15) is 11.5 Å². The molecular weight excluding hydrogens is 701 g/mol. The van der Waals surface area contributed by atoms with Crippen molar-refractivity contribution in [2.75, 3.05) is 24.7 Å². The molecule has 0 saturated carbocycles. The van der Waals surface area contributed by atoms with Gasteiger partial charge in [0.05, 0.1) is 25.6 Å². The minimum Gasteiger partial charge on any atom is -0.492 e. The van der Waals surface area contributed by atoms with E-state index in [1.165, 1.54) is 0 Å². The molecule has 0 aliphatic carbocycles. The zero-order valence-corrected chi connectivity index (χ0v) is 30.8. The van der Waals surface area contributed by atoms with E-state index in [0.29, 0.717) is 65.9 Å². The van der Waals surface area contributed by atoms with Gasteiger partial charge in [-0.2, -0.15) is 19.6 Å². The molecule has 53 heavy (non-hydrogen) atoms. The average molecular weight is 739 g/mol. The van der Waals surface area contributed by atoms with E-state index in [1.54, 1.807) is 32.9 Å². The highest BCUT2D eigenvalue weighted by molar-refractivity contribution is 8.02. The monoisotopic (exact) mass is 738 g/mol. The van der Waals surface area contributed by atoms with Gasteiger partial charge in [0.25, 0.3) is 0 Å². The normalized spacial score (nSPS) is 14.8. The van der Waals surface area contributed by atoms with Crippen LogP contribution in [-0.4, -0.2) is 66.9 Å². The first kappa shape index (κ1) is 35.7. The number of ether oxygens (including phenoxy) is 2. The smallest absolute Gasteiger partial charge is 0.212 e. The van der Waals surface area contributed by atoms with Crippen molar-refractivity contribution in [3.05, 3.63) is 145 Å². The van der Waals surface area contributed by atoms with Gasteiger partial charge in [-0.3, -0.25) is 0 Å². The number of benzene rings is 4. The predicted octanol–water partition coefficient (Wildman–Crippen LogP) is 8.47. The summed E-state index contributed by atoms with van der Waals surface area (Å²) in [5.41, 5.74) is 5.57. The molecule has 0 fully saturated rings. The molecule has 1 aliphatic heterocycles. The largest absolute Gasteiger partial charge is 0.492 e. The lowest BCUT2D eigenvalue weighted by atomic mass is 10.1. The number of para-hydroxylation sites is 2. The fourth-order valence-electron chi connectivity index (χ4n) is 5.76. The first-order chi connectivity index (χ1) is 26.2. The van der Waals surface area contributed by atoms with Crippen LogP contribution >= 0.6 is 23.5 Å². The van der Waals surface area contributed by atoms with Crippen LogP contribution in [0.3, 0.4) is 0 Å². The Hall–Kier alpha value is -5.72. The van der Waals surface area contributed by atoms with Gasteiger partial charge in [0.15, 0.2) is 11.6 Å². The second kappa shape index (κ2) is 17.7. The molecular formula is C41H38N8O2S2. The summed E-state index contributed by atoms with van der Waals surface area (Å²) < 4.78 is 16.5. The Morgan fingerprint density at radius 3 is 1.45 bits per heavy atom. The molecule has 10 nitrogen and oxygen atoms in total. The lowest BCUT2D eigenvalue weighted by Gasteiger charge is -2.16. The molecule has 7 rings (SSSR count). The van der Waals surface area contributed by atoms with Crippen LogP contribution < -0.4 is 9.47 Å². The van der Waals surface area contributed by atoms with E-state index >= 15 is 0 Å². The summed E-state index contributed by atoms with van der Waals surface area (Å²) in [5.74, 6) is 4.23. The summed E-state index contributed by atoms with van der Waals surface area (Å²) in [6.45, 7) is 8.81. The van der Waals surface area contributed by atoms with E-state index in [1.807, 2.05) is 110 Å². The van der Waals surface area contributed by atoms with Crippen LogP contribution in [0.4, 0.5) is 0 Å². The number of rotatable bonds is 6. The number of thioether (sulfide) groups is 2. The van der Waals surface area contributed by atoms with E-state index in [0.717, 1.165) is 44.9 Å². The molecule has 0 radical (unpaired) electrons. The minimum atomic E-state index is 0.437. The summed E-state index contributed by atoms with van der Waals surface area (Å²) in [4.78, 5) is 0. The molecule has 266 valence electrons. The van der Waals surface area contributed by atoms with Gasteiger partial charge in [0.2, 0.25) is 10.3 Å². The zero-order valence-electron chi connectivity index (χ0n) is 29.1. The SMILES string of the molecule is C=CCc1cccc2c1OCCCOc1c(cccc1CC=C)/C=N\n1c(nnc1-c1ccccc1)SCCSc1nnc(-c3ccccc3)n1/N=C\2. The second-order valence-corrected chi connectivity index (χ2v) is 14.0. The second-order valence-electron chi connectivity index (χ2n) is 11.9. The number of allylic oxidation sites excluding steroid dienone is 2. The maximum atomic E-state index is 6.48. The standard InChI is InChI=1S/C41H38N8O2S2/c1-3-14-30-20-11-22-34-28-42-48-38(32-16-7-5-8-17-32)44-46-40(48)52-26-27-53-41-47-45-39(33-18-9-6-10-19-33)49(41)43-29-35-23-12-21-31(15-4-2)37(35)51-25-13-24-50-36(30)34/h3-12,16-23,28-29H,1-2,13-15,24-27H2/b42-28-,43-29-. The van der Waals surface area contributed by atoms with Crippen molar-refractivity contribution >= 4 is 36.0 Å². The third-order valence-electron chi connectivity index (χ3n) is 8.22. The zero-order chi connectivity index (χ0) is 36.2. The molecule has 0 unspecified atom stereocenters. The van der Waals surface area contributed by atoms with E-state index in [4.69, 9.17) is 19.7 Å². The Morgan fingerprint density at radius 1 is 0.566 bits per heavy atom. The van der Waals surface area contributed by atoms with Crippen molar-refractivity contribution in [3.8, 4) is 34.3 Å². The molecule has 0 amide bonds. The topological polar surface area (TPSA) is 105 Å². The molecule has 4 aromatic carbocycles. The first-order valence-corrected chi connectivity index (χ1v) is 19.3. The summed E-state index contributed by atoms with van der Waals surface area (Å²) >= 11 is 3.14. The number of hydrogen-bond acceptors (Lipinski definition) is 10. The summed E-state index contributed by atoms with van der Waals surface area (Å²) in [6.07, 6.45) is 9.35. The van der Waals surface area contributed by atoms with Crippen molar-refractivity contribution in [2.24, 2.45) is 10.2 Å². The van der Waals surface area contributed by atoms with Gasteiger partial charge < -0.3 is 9.47 Å². The molecule has 3 heterocycles. The van der Waals surface area contributed by atoms with Crippen LogP contribution in [0.1, 0.15) is 28.7 Å². The Balaban J connectivity index is 1.27. The Morgan fingerprint density at radius 2 is 1.02 bits per heavy atom. The molecule has 0 bridgehead atoms. The van der Waals surface area contributed by atoms with Crippen molar-refractivity contribution in [1.82, 2.24) is 29.7 Å². The maximum Gasteiger partial charge on any atom is 0.212 e. The minimum absolute atomic E-state index is 0.437. The van der Waals surface area contributed by atoms with Gasteiger partial charge >= 0.3 is 0 Å². The average Bonchev–Trinajstić information content (AvgIpc) is 3.80. The number of fused-ring (bicyclic) bond motifs is 4. The summed E-state index contributed by atoms with van der Waals surface area (Å²) in [7, 11) is 0. The van der Waals surface area contributed by atoms with Crippen molar-refractivity contribution in [1.29, 1.82) is 0 Å². The number of nitrogens with zero attached hydrogens (tertiary/aromatic N) is 8. The van der Waals surface area contributed by atoms with Gasteiger partial charge in [-0.05, 0) is 36.1 Å². The van der Waals surface area contributed by atoms with Crippen LogP contribution in [0, 0.1) is 0 Å². The maximum absolute atomic E-state index is 6.48. The van der Waals surface area contributed by atoms with Crippen molar-refractivity contribution < 1.29 is 9.47 Å². The molecule has 0 N–H and O–H groups in total. The molecule has 2 aromatic heterocycles. The summed E-state index contributed by atoms with van der Waals surface area (Å²) in [5, 5.41) is 29.5. The van der Waals surface area contributed by atoms with Crippen LogP contribution in [0.15, 0.2) is 143 Å². The molecule has 1 aliphatic rings. The van der Waals surface area contributed by atoms with Crippen LogP contribution in [0.2, 0.25) is 0 Å². The van der Waals surface area contributed by atoms with E-state index in [9.17, 15) is 0 Å². The molecule has 0 atom stereocenters. The quantitative estimate of drug-likeness (QED) is 0.157. The number of aromatic nitrogens is 6. The Kier molecular flexibility index (Phi) is 11.9. The van der Waals surface area contributed by atoms with Crippen molar-refractivity contribution in [3.63, 3.8) is 0 Å². The van der Waals surface area contributed by atoms with Crippen molar-refractivity contribution in [2.45, 2.75) is 29.6 Å². The van der Waals surface area contributed by atoms with Gasteiger partial charge in [-0.25, -0.2) is 0 Å². The lowest BCUT2D eigenvalue weighted by Crippen LogP contribution is -2.09. The highest BCUT2D eigenvalue weighted by Gasteiger charge is 2.18. The molecule has 0 spiro atoms. The third kappa shape index (κ3) is 8.51. The van der Waals surface area contributed by atoms with E-state index in [2.05, 4.69) is 45.7 Å². The van der Waals surface area contributed by atoms with Crippen LogP contribution in [-0.2, 0) is 12.8 Å².